The molecule has 0 aromatic heterocycles. The molecular formula is C20H31F3N4O. The van der Waals surface area contributed by atoms with Crippen molar-refractivity contribution in [3.8, 4) is 0 Å². The summed E-state index contributed by atoms with van der Waals surface area (Å²) in [6.45, 7) is 11.7. The Morgan fingerprint density at radius 2 is 1.96 bits per heavy atom. The Hall–Kier alpha value is -1.80. The second kappa shape index (κ2) is 10.7. The van der Waals surface area contributed by atoms with E-state index in [4.69, 9.17) is 4.74 Å². The molecule has 1 aliphatic heterocycles. The second-order valence-corrected chi connectivity index (χ2v) is 7.23. The summed E-state index contributed by atoms with van der Waals surface area (Å²) < 4.78 is 44.2. The molecule has 2 unspecified atom stereocenters. The number of nitrogens with zero attached hydrogens (tertiary/aromatic N) is 2. The molecule has 0 amide bonds. The number of morpholine rings is 1. The van der Waals surface area contributed by atoms with Crippen LogP contribution in [0.15, 0.2) is 29.3 Å². The van der Waals surface area contributed by atoms with Gasteiger partial charge in [0, 0.05) is 32.7 Å². The summed E-state index contributed by atoms with van der Waals surface area (Å²) in [7, 11) is 0. The van der Waals surface area contributed by atoms with Crippen molar-refractivity contribution in [3.05, 3.63) is 35.4 Å². The molecule has 8 heteroatoms. The Balaban J connectivity index is 1.96. The minimum absolute atomic E-state index is 0.297. The Labute approximate surface area is 165 Å². The van der Waals surface area contributed by atoms with E-state index in [-0.39, 0.29) is 6.04 Å². The van der Waals surface area contributed by atoms with Crippen LogP contribution in [-0.4, -0.2) is 56.8 Å². The van der Waals surface area contributed by atoms with Gasteiger partial charge in [-0.05, 0) is 37.5 Å². The first-order valence-electron chi connectivity index (χ1n) is 9.81. The summed E-state index contributed by atoms with van der Waals surface area (Å²) in [5.74, 6) is 0.985. The first kappa shape index (κ1) is 22.5. The maximum atomic E-state index is 12.9. The first-order valence-corrected chi connectivity index (χ1v) is 9.81. The highest BCUT2D eigenvalue weighted by Crippen LogP contribution is 2.30. The number of nitrogens with one attached hydrogen (secondary N) is 2. The van der Waals surface area contributed by atoms with Gasteiger partial charge in [-0.15, -0.1) is 0 Å². The highest BCUT2D eigenvalue weighted by Gasteiger charge is 2.30. The highest BCUT2D eigenvalue weighted by atomic mass is 19.4. The van der Waals surface area contributed by atoms with Crippen LogP contribution in [0.25, 0.3) is 0 Å². The number of ether oxygens (including phenoxy) is 1. The fraction of sp³-hybridized carbons (Fsp3) is 0.650. The van der Waals surface area contributed by atoms with Crippen molar-refractivity contribution in [1.29, 1.82) is 0 Å². The molecule has 158 valence electrons. The number of aliphatic imine (C=N–C) groups is 1. The van der Waals surface area contributed by atoms with Crippen LogP contribution in [0.4, 0.5) is 13.2 Å². The van der Waals surface area contributed by atoms with Gasteiger partial charge in [-0.25, -0.2) is 0 Å². The van der Waals surface area contributed by atoms with Crippen LogP contribution in [0.1, 0.15) is 37.9 Å². The lowest BCUT2D eigenvalue weighted by molar-refractivity contribution is -0.137. The fourth-order valence-corrected chi connectivity index (χ4v) is 3.12. The summed E-state index contributed by atoms with van der Waals surface area (Å²) in [5.41, 5.74) is -0.0680. The summed E-state index contributed by atoms with van der Waals surface area (Å²) in [5, 5.41) is 6.38. The van der Waals surface area contributed by atoms with Gasteiger partial charge in [0.2, 0.25) is 0 Å². The first-order chi connectivity index (χ1) is 13.3. The van der Waals surface area contributed by atoms with Crippen molar-refractivity contribution in [2.45, 2.75) is 33.0 Å². The number of hydrogen-bond acceptors (Lipinski definition) is 3. The average Bonchev–Trinajstić information content (AvgIpc) is 2.66. The van der Waals surface area contributed by atoms with Gasteiger partial charge in [-0.1, -0.05) is 19.1 Å². The molecule has 0 saturated carbocycles. The Morgan fingerprint density at radius 3 is 2.61 bits per heavy atom. The molecule has 0 aliphatic carbocycles. The van der Waals surface area contributed by atoms with Crippen LogP contribution in [0, 0.1) is 5.92 Å². The minimum atomic E-state index is -4.34. The lowest BCUT2D eigenvalue weighted by atomic mass is 10.1. The third kappa shape index (κ3) is 7.31. The van der Waals surface area contributed by atoms with E-state index < -0.39 is 11.7 Å². The summed E-state index contributed by atoms with van der Waals surface area (Å²) in [4.78, 5) is 7.00. The quantitative estimate of drug-likeness (QED) is 0.545. The highest BCUT2D eigenvalue weighted by molar-refractivity contribution is 5.80. The van der Waals surface area contributed by atoms with E-state index in [9.17, 15) is 13.2 Å². The van der Waals surface area contributed by atoms with E-state index in [1.54, 1.807) is 6.07 Å². The van der Waals surface area contributed by atoms with Crippen molar-refractivity contribution in [2.24, 2.45) is 10.9 Å². The predicted molar refractivity (Wildman–Crippen MR) is 105 cm³/mol. The SMILES string of the molecule is CCNC(=NCC(C)CN1CCOCC1)NC(C)c1cccc(C(F)(F)F)c1. The third-order valence-corrected chi connectivity index (χ3v) is 4.65. The van der Waals surface area contributed by atoms with Gasteiger partial charge in [0.1, 0.15) is 0 Å². The van der Waals surface area contributed by atoms with Gasteiger partial charge >= 0.3 is 6.18 Å². The van der Waals surface area contributed by atoms with Crippen molar-refractivity contribution >= 4 is 5.96 Å². The van der Waals surface area contributed by atoms with Crippen LogP contribution >= 0.6 is 0 Å². The van der Waals surface area contributed by atoms with Gasteiger partial charge < -0.3 is 15.4 Å². The molecule has 2 atom stereocenters. The van der Waals surface area contributed by atoms with E-state index in [1.165, 1.54) is 12.1 Å². The molecule has 0 bridgehead atoms. The molecule has 0 radical (unpaired) electrons. The lowest BCUT2D eigenvalue weighted by Crippen LogP contribution is -2.41. The number of rotatable bonds is 7. The Morgan fingerprint density at radius 1 is 1.25 bits per heavy atom. The minimum Gasteiger partial charge on any atom is -0.379 e. The van der Waals surface area contributed by atoms with Crippen molar-refractivity contribution in [1.82, 2.24) is 15.5 Å². The number of hydrogen-bond donors (Lipinski definition) is 2. The van der Waals surface area contributed by atoms with Crippen LogP contribution in [-0.2, 0) is 10.9 Å². The standard InChI is InChI=1S/C20H31F3N4O/c1-4-24-19(25-13-15(2)14-27-8-10-28-11-9-27)26-16(3)17-6-5-7-18(12-17)20(21,22)23/h5-7,12,15-16H,4,8-11,13-14H2,1-3H3,(H2,24,25,26). The van der Waals surface area contributed by atoms with Crippen LogP contribution < -0.4 is 10.6 Å². The van der Waals surface area contributed by atoms with Crippen LogP contribution in [0.5, 0.6) is 0 Å². The van der Waals surface area contributed by atoms with E-state index >= 15 is 0 Å². The van der Waals surface area contributed by atoms with E-state index in [0.29, 0.717) is 30.5 Å². The predicted octanol–water partition coefficient (Wildman–Crippen LogP) is 3.29. The molecule has 1 aromatic rings. The number of guanidine groups is 1. The Bertz CT molecular complexity index is 630. The molecular weight excluding hydrogens is 369 g/mol. The zero-order valence-corrected chi connectivity index (χ0v) is 16.9. The largest absolute Gasteiger partial charge is 0.416 e. The average molecular weight is 400 g/mol. The normalized spacial score (nSPS) is 18.6. The van der Waals surface area contributed by atoms with E-state index in [0.717, 1.165) is 38.9 Å². The van der Waals surface area contributed by atoms with Crippen LogP contribution in [0.2, 0.25) is 0 Å². The van der Waals surface area contributed by atoms with Crippen molar-refractivity contribution < 1.29 is 17.9 Å². The molecule has 1 heterocycles. The number of alkyl halides is 3. The fourth-order valence-electron chi connectivity index (χ4n) is 3.12. The molecule has 1 aliphatic rings. The van der Waals surface area contributed by atoms with Gasteiger partial charge in [0.05, 0.1) is 24.8 Å². The molecule has 2 rings (SSSR count). The van der Waals surface area contributed by atoms with Crippen LogP contribution in [0.3, 0.4) is 0 Å². The molecule has 1 aromatic carbocycles. The Kier molecular flexibility index (Phi) is 8.57. The molecule has 5 nitrogen and oxygen atoms in total. The topological polar surface area (TPSA) is 48.9 Å². The van der Waals surface area contributed by atoms with Gasteiger partial charge in [0.25, 0.3) is 0 Å². The zero-order valence-electron chi connectivity index (χ0n) is 16.9. The number of benzene rings is 1. The summed E-state index contributed by atoms with van der Waals surface area (Å²) in [6, 6.07) is 5.10. The molecule has 2 N–H and O–H groups in total. The molecule has 28 heavy (non-hydrogen) atoms. The summed E-state index contributed by atoms with van der Waals surface area (Å²) in [6.07, 6.45) is -4.34. The smallest absolute Gasteiger partial charge is 0.379 e. The molecule has 0 spiro atoms. The monoisotopic (exact) mass is 400 g/mol. The third-order valence-electron chi connectivity index (χ3n) is 4.65. The van der Waals surface area contributed by atoms with Gasteiger partial charge in [-0.3, -0.25) is 9.89 Å². The second-order valence-electron chi connectivity index (χ2n) is 7.23. The lowest BCUT2D eigenvalue weighted by Gasteiger charge is -2.28. The molecule has 1 saturated heterocycles. The van der Waals surface area contributed by atoms with E-state index in [2.05, 4.69) is 27.4 Å². The zero-order chi connectivity index (χ0) is 20.6. The van der Waals surface area contributed by atoms with E-state index in [1.807, 2.05) is 13.8 Å². The van der Waals surface area contributed by atoms with Crippen molar-refractivity contribution in [3.63, 3.8) is 0 Å². The van der Waals surface area contributed by atoms with Gasteiger partial charge in [0.15, 0.2) is 5.96 Å². The number of halogens is 3. The maximum absolute atomic E-state index is 12.9. The molecule has 1 fully saturated rings. The van der Waals surface area contributed by atoms with Crippen molar-refractivity contribution in [2.75, 3.05) is 45.9 Å². The maximum Gasteiger partial charge on any atom is 0.416 e. The summed E-state index contributed by atoms with van der Waals surface area (Å²) >= 11 is 0. The van der Waals surface area contributed by atoms with Gasteiger partial charge in [-0.2, -0.15) is 13.2 Å².